The number of carbonyl (C=O) groups is 1. The zero-order valence-corrected chi connectivity index (χ0v) is 15.6. The molecule has 2 aliphatic heterocycles. The number of nitrogens with zero attached hydrogens (tertiary/aromatic N) is 3. The second kappa shape index (κ2) is 8.23. The lowest BCUT2D eigenvalue weighted by Gasteiger charge is -2.34. The van der Waals surface area contributed by atoms with Crippen LogP contribution in [0.15, 0.2) is 40.8 Å². The van der Waals surface area contributed by atoms with Crippen LogP contribution in [-0.4, -0.2) is 59.9 Å². The number of hydrogen-bond acceptors (Lipinski definition) is 4. The van der Waals surface area contributed by atoms with E-state index >= 15 is 0 Å². The quantitative estimate of drug-likeness (QED) is 0.810. The number of likely N-dealkylation sites (tertiary alicyclic amines) is 1. The highest BCUT2D eigenvalue weighted by atomic mass is 19.1. The Labute approximate surface area is 159 Å². The molecule has 0 aliphatic carbocycles. The van der Waals surface area contributed by atoms with Gasteiger partial charge in [0.25, 0.3) is 5.91 Å². The summed E-state index contributed by atoms with van der Waals surface area (Å²) in [7, 11) is 0. The summed E-state index contributed by atoms with van der Waals surface area (Å²) in [5, 5.41) is 0. The summed E-state index contributed by atoms with van der Waals surface area (Å²) in [5.41, 5.74) is 1.09. The first-order valence-electron chi connectivity index (χ1n) is 9.74. The molecule has 3 heterocycles. The maximum absolute atomic E-state index is 13.0. The first-order valence-corrected chi connectivity index (χ1v) is 9.74. The van der Waals surface area contributed by atoms with Crippen molar-refractivity contribution in [1.82, 2.24) is 14.7 Å². The number of amides is 1. The molecule has 1 aromatic heterocycles. The molecule has 1 amide bonds. The van der Waals surface area contributed by atoms with Crippen molar-refractivity contribution in [3.05, 3.63) is 59.3 Å². The molecule has 27 heavy (non-hydrogen) atoms. The SMILES string of the molecule is O=C(c1ccc(CN2CCCC2)o1)N1CCN(Cc2ccc(F)cc2)CC1. The lowest BCUT2D eigenvalue weighted by Crippen LogP contribution is -2.48. The Balaban J connectivity index is 1.28. The van der Waals surface area contributed by atoms with Gasteiger partial charge < -0.3 is 9.32 Å². The van der Waals surface area contributed by atoms with Crippen LogP contribution in [0.2, 0.25) is 0 Å². The van der Waals surface area contributed by atoms with Gasteiger partial charge in [-0.2, -0.15) is 0 Å². The van der Waals surface area contributed by atoms with Gasteiger partial charge in [-0.05, 0) is 55.8 Å². The summed E-state index contributed by atoms with van der Waals surface area (Å²) >= 11 is 0. The third-order valence-electron chi connectivity index (χ3n) is 5.43. The van der Waals surface area contributed by atoms with Crippen molar-refractivity contribution in [2.45, 2.75) is 25.9 Å². The van der Waals surface area contributed by atoms with E-state index in [1.807, 2.05) is 23.1 Å². The lowest BCUT2D eigenvalue weighted by molar-refractivity contribution is 0.0594. The van der Waals surface area contributed by atoms with E-state index < -0.39 is 0 Å². The maximum Gasteiger partial charge on any atom is 0.289 e. The van der Waals surface area contributed by atoms with Crippen LogP contribution in [0.5, 0.6) is 0 Å². The molecular weight excluding hydrogens is 345 g/mol. The molecule has 0 spiro atoms. The van der Waals surface area contributed by atoms with E-state index in [9.17, 15) is 9.18 Å². The van der Waals surface area contributed by atoms with Gasteiger partial charge in [0.1, 0.15) is 11.6 Å². The molecule has 0 unspecified atom stereocenters. The molecule has 2 aliphatic rings. The number of benzene rings is 1. The first-order chi connectivity index (χ1) is 13.2. The molecule has 144 valence electrons. The lowest BCUT2D eigenvalue weighted by atomic mass is 10.2. The van der Waals surface area contributed by atoms with Crippen LogP contribution in [-0.2, 0) is 13.1 Å². The van der Waals surface area contributed by atoms with Gasteiger partial charge >= 0.3 is 0 Å². The summed E-state index contributed by atoms with van der Waals surface area (Å²) in [6.07, 6.45) is 2.49. The smallest absolute Gasteiger partial charge is 0.289 e. The van der Waals surface area contributed by atoms with Crippen LogP contribution in [0.1, 0.15) is 34.7 Å². The Hall–Kier alpha value is -2.18. The van der Waals surface area contributed by atoms with Gasteiger partial charge in [0.05, 0.1) is 6.54 Å². The molecule has 2 aromatic rings. The van der Waals surface area contributed by atoms with Gasteiger partial charge in [-0.25, -0.2) is 4.39 Å². The Kier molecular flexibility index (Phi) is 5.55. The Morgan fingerprint density at radius 1 is 0.852 bits per heavy atom. The van der Waals surface area contributed by atoms with Gasteiger partial charge in [-0.1, -0.05) is 12.1 Å². The molecule has 0 N–H and O–H groups in total. The zero-order valence-electron chi connectivity index (χ0n) is 15.6. The fourth-order valence-electron chi connectivity index (χ4n) is 3.85. The summed E-state index contributed by atoms with van der Waals surface area (Å²) < 4.78 is 18.8. The van der Waals surface area contributed by atoms with Crippen LogP contribution in [0.4, 0.5) is 4.39 Å². The summed E-state index contributed by atoms with van der Waals surface area (Å²) in [4.78, 5) is 19.2. The summed E-state index contributed by atoms with van der Waals surface area (Å²) in [6.45, 7) is 6.78. The van der Waals surface area contributed by atoms with Crippen molar-refractivity contribution in [2.24, 2.45) is 0 Å². The summed E-state index contributed by atoms with van der Waals surface area (Å²) in [6, 6.07) is 10.3. The van der Waals surface area contributed by atoms with Gasteiger partial charge in [-0.15, -0.1) is 0 Å². The standard InChI is InChI=1S/C21H26FN3O2/c22-18-5-3-17(4-6-18)15-24-11-13-25(14-12-24)21(26)20-8-7-19(27-20)16-23-9-1-2-10-23/h3-8H,1-2,9-16H2. The highest BCUT2D eigenvalue weighted by Gasteiger charge is 2.24. The minimum absolute atomic E-state index is 0.0240. The monoisotopic (exact) mass is 371 g/mol. The Morgan fingerprint density at radius 3 is 2.22 bits per heavy atom. The largest absolute Gasteiger partial charge is 0.455 e. The molecule has 1 aromatic carbocycles. The van der Waals surface area contributed by atoms with Gasteiger partial charge in [0.2, 0.25) is 0 Å². The number of halogens is 1. The molecule has 0 atom stereocenters. The average Bonchev–Trinajstić information content (AvgIpc) is 3.36. The first kappa shape index (κ1) is 18.2. The van der Waals surface area contributed by atoms with Crippen LogP contribution in [0.25, 0.3) is 0 Å². The number of rotatable bonds is 5. The van der Waals surface area contributed by atoms with E-state index in [0.717, 1.165) is 50.6 Å². The molecule has 6 heteroatoms. The van der Waals surface area contributed by atoms with E-state index in [1.54, 1.807) is 6.07 Å². The molecular formula is C21H26FN3O2. The third-order valence-corrected chi connectivity index (χ3v) is 5.43. The molecule has 0 radical (unpaired) electrons. The van der Waals surface area contributed by atoms with Crippen LogP contribution in [0, 0.1) is 5.82 Å². The van der Waals surface area contributed by atoms with E-state index in [0.29, 0.717) is 18.8 Å². The minimum Gasteiger partial charge on any atom is -0.455 e. The van der Waals surface area contributed by atoms with Crippen molar-refractivity contribution in [2.75, 3.05) is 39.3 Å². The molecule has 2 saturated heterocycles. The number of piperazine rings is 1. The predicted octanol–water partition coefficient (Wildman–Crippen LogP) is 2.97. The zero-order chi connectivity index (χ0) is 18.6. The van der Waals surface area contributed by atoms with Gasteiger partial charge in [0.15, 0.2) is 5.76 Å². The molecule has 2 fully saturated rings. The summed E-state index contributed by atoms with van der Waals surface area (Å²) in [5.74, 6) is 1.08. The highest BCUT2D eigenvalue weighted by Crippen LogP contribution is 2.17. The molecule has 5 nitrogen and oxygen atoms in total. The number of furan rings is 1. The normalized spacial score (nSPS) is 18.9. The predicted molar refractivity (Wildman–Crippen MR) is 101 cm³/mol. The maximum atomic E-state index is 13.0. The van der Waals surface area contributed by atoms with Crippen molar-refractivity contribution in [1.29, 1.82) is 0 Å². The van der Waals surface area contributed by atoms with Crippen molar-refractivity contribution in [3.8, 4) is 0 Å². The van der Waals surface area contributed by atoms with Crippen LogP contribution in [0.3, 0.4) is 0 Å². The topological polar surface area (TPSA) is 39.9 Å². The Morgan fingerprint density at radius 2 is 1.52 bits per heavy atom. The Bertz CT molecular complexity index is 760. The van der Waals surface area contributed by atoms with Gasteiger partial charge in [-0.3, -0.25) is 14.6 Å². The van der Waals surface area contributed by atoms with Gasteiger partial charge in [0, 0.05) is 32.7 Å². The minimum atomic E-state index is -0.211. The molecule has 0 saturated carbocycles. The molecule has 0 bridgehead atoms. The van der Waals surface area contributed by atoms with Crippen molar-refractivity contribution < 1.29 is 13.6 Å². The number of hydrogen-bond donors (Lipinski definition) is 0. The van der Waals surface area contributed by atoms with Crippen molar-refractivity contribution >= 4 is 5.91 Å². The van der Waals surface area contributed by atoms with Crippen molar-refractivity contribution in [3.63, 3.8) is 0 Å². The van der Waals surface area contributed by atoms with E-state index in [1.165, 1.54) is 25.0 Å². The van der Waals surface area contributed by atoms with E-state index in [-0.39, 0.29) is 11.7 Å². The average molecular weight is 371 g/mol. The second-order valence-corrected chi connectivity index (χ2v) is 7.44. The second-order valence-electron chi connectivity index (χ2n) is 7.44. The van der Waals surface area contributed by atoms with E-state index in [2.05, 4.69) is 9.80 Å². The van der Waals surface area contributed by atoms with E-state index in [4.69, 9.17) is 4.42 Å². The third kappa shape index (κ3) is 4.57. The molecule has 4 rings (SSSR count). The number of carbonyl (C=O) groups excluding carboxylic acids is 1. The van der Waals surface area contributed by atoms with Crippen LogP contribution >= 0.6 is 0 Å². The van der Waals surface area contributed by atoms with Crippen LogP contribution < -0.4 is 0 Å². The fraction of sp³-hybridized carbons (Fsp3) is 0.476. The highest BCUT2D eigenvalue weighted by molar-refractivity contribution is 5.91. The fourth-order valence-corrected chi connectivity index (χ4v) is 3.85.